The number of thiophene rings is 1. The molecule has 1 saturated carbocycles. The van der Waals surface area contributed by atoms with E-state index in [0.717, 1.165) is 37.0 Å². The van der Waals surface area contributed by atoms with Gasteiger partial charge in [0.2, 0.25) is 10.0 Å². The minimum absolute atomic E-state index is 0.0528. The van der Waals surface area contributed by atoms with E-state index in [9.17, 15) is 13.2 Å². The van der Waals surface area contributed by atoms with Crippen LogP contribution < -0.4 is 4.72 Å². The molecule has 2 N–H and O–H groups in total. The summed E-state index contributed by atoms with van der Waals surface area (Å²) < 4.78 is 27.5. The van der Waals surface area contributed by atoms with Gasteiger partial charge in [-0.05, 0) is 38.7 Å². The molecule has 1 fully saturated rings. The molecular formula is C12H17NO4S2. The summed E-state index contributed by atoms with van der Waals surface area (Å²) >= 11 is 0.990. The molecule has 0 unspecified atom stereocenters. The Hall–Kier alpha value is -0.920. The lowest BCUT2D eigenvalue weighted by Gasteiger charge is -2.41. The van der Waals surface area contributed by atoms with Crippen molar-refractivity contribution in [1.29, 1.82) is 0 Å². The van der Waals surface area contributed by atoms with Crippen molar-refractivity contribution < 1.29 is 18.3 Å². The largest absolute Gasteiger partial charge is 0.477 e. The number of aromatic carboxylic acids is 1. The first-order chi connectivity index (χ1) is 8.80. The molecule has 0 atom stereocenters. The number of rotatable bonds is 5. The molecule has 0 spiro atoms. The van der Waals surface area contributed by atoms with Gasteiger partial charge in [-0.25, -0.2) is 17.9 Å². The van der Waals surface area contributed by atoms with Gasteiger partial charge in [0.05, 0.1) is 4.90 Å². The summed E-state index contributed by atoms with van der Waals surface area (Å²) in [6.07, 6.45) is 3.47. The van der Waals surface area contributed by atoms with Crippen LogP contribution in [0, 0.1) is 6.92 Å². The van der Waals surface area contributed by atoms with E-state index in [4.69, 9.17) is 5.11 Å². The van der Waals surface area contributed by atoms with Gasteiger partial charge in [-0.1, -0.05) is 6.92 Å². The number of carboxylic acids is 1. The molecule has 0 aromatic carbocycles. The predicted molar refractivity (Wildman–Crippen MR) is 73.2 cm³/mol. The second-order valence-corrected chi connectivity index (χ2v) is 7.84. The first kappa shape index (κ1) is 14.5. The van der Waals surface area contributed by atoms with Gasteiger partial charge in [0.1, 0.15) is 4.88 Å². The van der Waals surface area contributed by atoms with Gasteiger partial charge in [0.15, 0.2) is 0 Å². The molecule has 2 rings (SSSR count). The highest BCUT2D eigenvalue weighted by molar-refractivity contribution is 7.89. The fraction of sp³-hybridized carbons (Fsp3) is 0.583. The lowest BCUT2D eigenvalue weighted by molar-refractivity contribution is 0.0702. The topological polar surface area (TPSA) is 83.5 Å². The zero-order chi connectivity index (χ0) is 14.3. The smallest absolute Gasteiger partial charge is 0.345 e. The summed E-state index contributed by atoms with van der Waals surface area (Å²) in [7, 11) is -3.64. The maximum Gasteiger partial charge on any atom is 0.345 e. The molecule has 1 aromatic rings. The quantitative estimate of drug-likeness (QED) is 0.874. The van der Waals surface area contributed by atoms with Crippen molar-refractivity contribution in [1.82, 2.24) is 4.72 Å². The summed E-state index contributed by atoms with van der Waals surface area (Å²) in [6.45, 7) is 3.59. The Balaban J connectivity index is 2.32. The van der Waals surface area contributed by atoms with Gasteiger partial charge in [0.25, 0.3) is 0 Å². The van der Waals surface area contributed by atoms with E-state index in [1.54, 1.807) is 6.92 Å². The van der Waals surface area contributed by atoms with Gasteiger partial charge >= 0.3 is 5.97 Å². The Morgan fingerprint density at radius 1 is 1.53 bits per heavy atom. The molecule has 1 heterocycles. The van der Waals surface area contributed by atoms with Crippen LogP contribution in [0.4, 0.5) is 0 Å². The highest BCUT2D eigenvalue weighted by Gasteiger charge is 2.39. The van der Waals surface area contributed by atoms with Crippen LogP contribution >= 0.6 is 11.3 Å². The first-order valence-electron chi connectivity index (χ1n) is 6.17. The molecule has 0 amide bonds. The van der Waals surface area contributed by atoms with Crippen molar-refractivity contribution in [3.63, 3.8) is 0 Å². The van der Waals surface area contributed by atoms with Crippen molar-refractivity contribution in [3.8, 4) is 0 Å². The summed E-state index contributed by atoms with van der Waals surface area (Å²) in [6, 6.07) is 1.24. The second kappa shape index (κ2) is 4.88. The Kier molecular flexibility index (Phi) is 3.72. The number of aryl methyl sites for hydroxylation is 1. The fourth-order valence-corrected chi connectivity index (χ4v) is 5.27. The van der Waals surface area contributed by atoms with Crippen molar-refractivity contribution in [2.24, 2.45) is 0 Å². The number of hydrogen-bond donors (Lipinski definition) is 2. The minimum atomic E-state index is -3.64. The summed E-state index contributed by atoms with van der Waals surface area (Å²) in [5.41, 5.74) is -0.337. The SMILES string of the molecule is CCC1(NS(=O)(=O)c2cc(C(=O)O)sc2C)CCC1. The lowest BCUT2D eigenvalue weighted by Crippen LogP contribution is -2.52. The number of carbonyl (C=O) groups is 1. The van der Waals surface area contributed by atoms with Crippen LogP contribution in [0.3, 0.4) is 0 Å². The van der Waals surface area contributed by atoms with E-state index < -0.39 is 16.0 Å². The Bertz CT molecular complexity index is 594. The second-order valence-electron chi connectivity index (χ2n) is 4.93. The first-order valence-corrected chi connectivity index (χ1v) is 8.47. The molecule has 1 aliphatic rings. The van der Waals surface area contributed by atoms with Crippen LogP contribution in [-0.4, -0.2) is 25.0 Å². The summed E-state index contributed by atoms with van der Waals surface area (Å²) in [4.78, 5) is 11.6. The molecule has 1 aromatic heterocycles. The van der Waals surface area contributed by atoms with E-state index >= 15 is 0 Å². The van der Waals surface area contributed by atoms with Crippen molar-refractivity contribution in [2.75, 3.05) is 0 Å². The minimum Gasteiger partial charge on any atom is -0.477 e. The lowest BCUT2D eigenvalue weighted by atomic mass is 9.76. The molecule has 19 heavy (non-hydrogen) atoms. The van der Waals surface area contributed by atoms with Crippen LogP contribution in [-0.2, 0) is 10.0 Å². The van der Waals surface area contributed by atoms with Crippen LogP contribution in [0.15, 0.2) is 11.0 Å². The third-order valence-corrected chi connectivity index (χ3v) is 6.58. The predicted octanol–water partition coefficient (Wildman–Crippen LogP) is 2.37. The molecule has 1 aliphatic carbocycles. The molecule has 0 saturated heterocycles. The van der Waals surface area contributed by atoms with E-state index in [2.05, 4.69) is 4.72 Å². The number of carboxylic acid groups (broad SMARTS) is 1. The number of hydrogen-bond acceptors (Lipinski definition) is 4. The Morgan fingerprint density at radius 2 is 2.16 bits per heavy atom. The molecule has 106 valence electrons. The number of nitrogens with one attached hydrogen (secondary N) is 1. The average molecular weight is 303 g/mol. The number of sulfonamides is 1. The van der Waals surface area contributed by atoms with Gasteiger partial charge in [-0.2, -0.15) is 0 Å². The normalized spacial score (nSPS) is 18.0. The van der Waals surface area contributed by atoms with Crippen LogP contribution in [0.2, 0.25) is 0 Å². The Labute approximate surface area is 116 Å². The van der Waals surface area contributed by atoms with E-state index in [1.165, 1.54) is 6.07 Å². The van der Waals surface area contributed by atoms with Gasteiger partial charge in [-0.3, -0.25) is 0 Å². The highest BCUT2D eigenvalue weighted by Crippen LogP contribution is 2.37. The maximum absolute atomic E-state index is 12.4. The van der Waals surface area contributed by atoms with Crippen molar-refractivity contribution in [3.05, 3.63) is 15.8 Å². The zero-order valence-corrected chi connectivity index (χ0v) is 12.5. The van der Waals surface area contributed by atoms with Crippen molar-refractivity contribution >= 4 is 27.3 Å². The Morgan fingerprint density at radius 3 is 2.53 bits per heavy atom. The van der Waals surface area contributed by atoms with Crippen LogP contribution in [0.5, 0.6) is 0 Å². The molecular weight excluding hydrogens is 286 g/mol. The fourth-order valence-electron chi connectivity index (χ4n) is 2.31. The zero-order valence-electron chi connectivity index (χ0n) is 10.9. The third kappa shape index (κ3) is 2.68. The van der Waals surface area contributed by atoms with Crippen LogP contribution in [0.1, 0.15) is 47.2 Å². The molecule has 0 aliphatic heterocycles. The van der Waals surface area contributed by atoms with Gasteiger partial charge < -0.3 is 5.11 Å². The molecule has 0 radical (unpaired) electrons. The van der Waals surface area contributed by atoms with Gasteiger partial charge in [-0.15, -0.1) is 11.3 Å². The summed E-state index contributed by atoms with van der Waals surface area (Å²) in [5, 5.41) is 8.92. The van der Waals surface area contributed by atoms with E-state index in [-0.39, 0.29) is 15.3 Å². The summed E-state index contributed by atoms with van der Waals surface area (Å²) in [5.74, 6) is -1.09. The molecule has 7 heteroatoms. The highest BCUT2D eigenvalue weighted by atomic mass is 32.2. The molecule has 0 bridgehead atoms. The monoisotopic (exact) mass is 303 g/mol. The van der Waals surface area contributed by atoms with Crippen LogP contribution in [0.25, 0.3) is 0 Å². The average Bonchev–Trinajstić information content (AvgIpc) is 2.67. The third-order valence-electron chi connectivity index (χ3n) is 3.71. The van der Waals surface area contributed by atoms with Crippen molar-refractivity contribution in [2.45, 2.75) is 50.0 Å². The van der Waals surface area contributed by atoms with Gasteiger partial charge in [0, 0.05) is 10.4 Å². The maximum atomic E-state index is 12.4. The molecule has 5 nitrogen and oxygen atoms in total. The van der Waals surface area contributed by atoms with E-state index in [1.807, 2.05) is 6.92 Å². The van der Waals surface area contributed by atoms with E-state index in [0.29, 0.717) is 4.88 Å². The standard InChI is InChI=1S/C12H17NO4S2/c1-3-12(5-4-6-12)13-19(16,17)10-7-9(11(14)15)18-8(10)2/h7,13H,3-6H2,1-2H3,(H,14,15).